The summed E-state index contributed by atoms with van der Waals surface area (Å²) in [6.07, 6.45) is -3.66. The molecule has 0 fully saturated rings. The number of aliphatic carboxylic acids is 4. The van der Waals surface area contributed by atoms with Crippen molar-refractivity contribution in [1.29, 1.82) is 0 Å². The van der Waals surface area contributed by atoms with Crippen LogP contribution in [0.4, 0.5) is 0 Å². The highest BCUT2D eigenvalue weighted by Gasteiger charge is 2.33. The van der Waals surface area contributed by atoms with Gasteiger partial charge in [-0.3, -0.25) is 57.7 Å². The third-order valence-corrected chi connectivity index (χ3v) is 9.68. The number of rotatable bonds is 33. The van der Waals surface area contributed by atoms with Gasteiger partial charge in [-0.15, -0.1) is 0 Å². The Morgan fingerprint density at radius 2 is 0.986 bits per heavy atom. The van der Waals surface area contributed by atoms with E-state index in [1.54, 1.807) is 44.2 Å². The largest absolute Gasteiger partial charge is 0.481 e. The minimum absolute atomic E-state index is 0.00956. The number of benzene rings is 1. The zero-order chi connectivity index (χ0) is 53.1. The molecule has 8 amide bonds. The molecule has 0 spiro atoms. The maximum absolute atomic E-state index is 13.9. The van der Waals surface area contributed by atoms with E-state index in [1.165, 1.54) is 6.92 Å². The molecule has 0 aliphatic rings. The van der Waals surface area contributed by atoms with Gasteiger partial charge in [-0.2, -0.15) is 0 Å². The summed E-state index contributed by atoms with van der Waals surface area (Å²) in [4.78, 5) is 155. The van der Waals surface area contributed by atoms with Crippen molar-refractivity contribution in [1.82, 2.24) is 42.5 Å². The molecule has 1 aromatic carbocycles. The molecule has 0 saturated heterocycles. The lowest BCUT2D eigenvalue weighted by Gasteiger charge is -2.26. The Morgan fingerprint density at radius 1 is 0.543 bits per heavy atom. The van der Waals surface area contributed by atoms with Crippen LogP contribution >= 0.6 is 0 Å². The van der Waals surface area contributed by atoms with Crippen molar-refractivity contribution in [3.05, 3.63) is 35.9 Å². The Hall–Kier alpha value is -7.91. The van der Waals surface area contributed by atoms with E-state index in [0.717, 1.165) is 0 Å². The van der Waals surface area contributed by atoms with Crippen LogP contribution in [0.15, 0.2) is 35.3 Å². The van der Waals surface area contributed by atoms with Crippen LogP contribution in [0, 0.1) is 5.92 Å². The molecule has 0 bridgehead atoms. The highest BCUT2D eigenvalue weighted by Crippen LogP contribution is 2.10. The monoisotopic (exact) mass is 992 g/mol. The molecule has 0 heterocycles. The number of nitrogens with one attached hydrogen (secondary N) is 8. The number of aliphatic imine (C=N–C) groups is 1. The van der Waals surface area contributed by atoms with Crippen LogP contribution in [0.5, 0.6) is 0 Å². The molecular formula is C42H64N12O16. The lowest BCUT2D eigenvalue weighted by Crippen LogP contribution is -2.59. The highest BCUT2D eigenvalue weighted by atomic mass is 16.4. The van der Waals surface area contributed by atoms with E-state index in [1.807, 2.05) is 5.32 Å². The van der Waals surface area contributed by atoms with Gasteiger partial charge in [0.05, 0.1) is 25.6 Å². The Balaban J connectivity index is 3.36. The van der Waals surface area contributed by atoms with Crippen molar-refractivity contribution in [2.45, 2.75) is 121 Å². The molecule has 28 nitrogen and oxygen atoms in total. The quantitative estimate of drug-likeness (QED) is 0.0178. The highest BCUT2D eigenvalue weighted by molar-refractivity contribution is 5.97. The van der Waals surface area contributed by atoms with Crippen molar-refractivity contribution in [3.8, 4) is 0 Å². The summed E-state index contributed by atoms with van der Waals surface area (Å²) < 4.78 is 0. The first-order chi connectivity index (χ1) is 32.8. The summed E-state index contributed by atoms with van der Waals surface area (Å²) in [5.74, 6) is -14.2. The fourth-order valence-corrected chi connectivity index (χ4v) is 6.18. The topological polar surface area (TPSA) is 472 Å². The number of carbonyl (C=O) groups is 12. The van der Waals surface area contributed by atoms with Gasteiger partial charge in [0.15, 0.2) is 5.96 Å². The average molecular weight is 993 g/mol. The van der Waals surface area contributed by atoms with Crippen LogP contribution in [0.1, 0.15) is 77.7 Å². The van der Waals surface area contributed by atoms with Crippen molar-refractivity contribution >= 4 is 77.1 Å². The molecule has 388 valence electrons. The normalized spacial score (nSPS) is 13.7. The fraction of sp³-hybridized carbons (Fsp3) is 0.548. The molecular weight excluding hydrogens is 929 g/mol. The number of nitrogens with zero attached hydrogens (tertiary/aromatic N) is 1. The molecule has 0 radical (unpaired) electrons. The predicted molar refractivity (Wildman–Crippen MR) is 244 cm³/mol. The Morgan fingerprint density at radius 3 is 1.46 bits per heavy atom. The summed E-state index contributed by atoms with van der Waals surface area (Å²) in [5.41, 5.74) is 16.7. The molecule has 0 unspecified atom stereocenters. The van der Waals surface area contributed by atoms with Gasteiger partial charge in [0.2, 0.25) is 47.3 Å². The van der Waals surface area contributed by atoms with Gasteiger partial charge in [0.1, 0.15) is 36.3 Å². The van der Waals surface area contributed by atoms with Crippen LogP contribution in [0.2, 0.25) is 0 Å². The standard InChI is InChI=1S/C42H64N12O16/c1-21(2)16-27(39(67)53-28(17-23-8-5-4-6-9-23)40(68)52-26(12-14-33(59)60)38(66)54-29(41(69)70)18-34(61)62)50-31(56)20-48-36(64)24(10-7-15-46-42(44)45)51-37(65)25(11-13-32(57)58)49-30(55)19-47-35(63)22(3)43/h4-6,8-9,21-22,24-29H,7,10-20,43H2,1-3H3,(H,47,63)(H,48,64)(H,49,55)(H,50,56)(H,51,65)(H,52,68)(H,53,67)(H,54,66)(H,57,58)(H,59,60)(H,61,62)(H,69,70)(H4,44,45,46)/t22-,24-,25-,26-,27-,28-,29-/m0/s1. The molecule has 0 aliphatic heterocycles. The summed E-state index contributed by atoms with van der Waals surface area (Å²) in [7, 11) is 0. The molecule has 1 aromatic rings. The first-order valence-electron chi connectivity index (χ1n) is 21.9. The van der Waals surface area contributed by atoms with Gasteiger partial charge in [-0.25, -0.2) is 4.79 Å². The van der Waals surface area contributed by atoms with E-state index < -0.39 is 159 Å². The Kier molecular flexibility index (Phi) is 26.8. The molecule has 18 N–H and O–H groups in total. The second-order valence-corrected chi connectivity index (χ2v) is 16.3. The number of carbonyl (C=O) groups excluding carboxylic acids is 8. The SMILES string of the molecule is CC(C)C[C@H](NC(=O)CNC(=O)[C@H](CCCN=C(N)N)NC(=O)[C@H](CCC(=O)O)NC(=O)CNC(=O)[C@H](C)N)C(=O)N[C@@H](Cc1ccccc1)C(=O)N[C@@H](CCC(=O)O)C(=O)N[C@@H](CC(=O)O)C(=O)O. The molecule has 70 heavy (non-hydrogen) atoms. The van der Waals surface area contributed by atoms with Crippen LogP contribution < -0.4 is 59.7 Å². The zero-order valence-electron chi connectivity index (χ0n) is 38.9. The molecule has 0 aliphatic carbocycles. The number of carboxylic acid groups (broad SMARTS) is 4. The second-order valence-electron chi connectivity index (χ2n) is 16.3. The average Bonchev–Trinajstić information content (AvgIpc) is 3.27. The van der Waals surface area contributed by atoms with E-state index in [-0.39, 0.29) is 44.1 Å². The second kappa shape index (κ2) is 31.2. The first kappa shape index (κ1) is 60.1. The number of guanidine groups is 1. The van der Waals surface area contributed by atoms with Gasteiger partial charge >= 0.3 is 23.9 Å². The number of amides is 8. The maximum atomic E-state index is 13.9. The van der Waals surface area contributed by atoms with Gasteiger partial charge in [0.25, 0.3) is 0 Å². The van der Waals surface area contributed by atoms with Crippen LogP contribution in [0.25, 0.3) is 0 Å². The minimum Gasteiger partial charge on any atom is -0.481 e. The van der Waals surface area contributed by atoms with Crippen molar-refractivity contribution in [3.63, 3.8) is 0 Å². The molecule has 0 saturated carbocycles. The van der Waals surface area contributed by atoms with E-state index >= 15 is 0 Å². The zero-order valence-corrected chi connectivity index (χ0v) is 38.9. The molecule has 1 rings (SSSR count). The summed E-state index contributed by atoms with van der Waals surface area (Å²) in [6.45, 7) is 3.37. The van der Waals surface area contributed by atoms with Gasteiger partial charge in [-0.1, -0.05) is 44.2 Å². The third-order valence-electron chi connectivity index (χ3n) is 9.68. The van der Waals surface area contributed by atoms with E-state index in [4.69, 9.17) is 22.3 Å². The third kappa shape index (κ3) is 25.3. The van der Waals surface area contributed by atoms with Gasteiger partial charge < -0.3 is 80.2 Å². The number of hydrogen-bond acceptors (Lipinski definition) is 14. The van der Waals surface area contributed by atoms with Crippen LogP contribution in [-0.2, 0) is 64.0 Å². The van der Waals surface area contributed by atoms with Crippen LogP contribution in [-0.4, -0.2) is 159 Å². The van der Waals surface area contributed by atoms with E-state index in [0.29, 0.717) is 5.56 Å². The van der Waals surface area contributed by atoms with Crippen molar-refractivity contribution in [2.24, 2.45) is 28.1 Å². The van der Waals surface area contributed by atoms with E-state index in [9.17, 15) is 72.9 Å². The van der Waals surface area contributed by atoms with E-state index in [2.05, 4.69) is 42.2 Å². The Labute approximate surface area is 401 Å². The molecule has 28 heteroatoms. The molecule has 7 atom stereocenters. The summed E-state index contributed by atoms with van der Waals surface area (Å²) in [5, 5.41) is 55.7. The lowest BCUT2D eigenvalue weighted by atomic mass is 10.0. The van der Waals surface area contributed by atoms with Gasteiger partial charge in [-0.05, 0) is 50.5 Å². The van der Waals surface area contributed by atoms with Crippen LogP contribution in [0.3, 0.4) is 0 Å². The number of hydrogen-bond donors (Lipinski definition) is 15. The molecule has 0 aromatic heterocycles. The smallest absolute Gasteiger partial charge is 0.326 e. The lowest BCUT2D eigenvalue weighted by molar-refractivity contribution is -0.147. The number of carboxylic acids is 4. The minimum atomic E-state index is -1.95. The van der Waals surface area contributed by atoms with Gasteiger partial charge in [0, 0.05) is 25.8 Å². The van der Waals surface area contributed by atoms with Crippen molar-refractivity contribution < 1.29 is 78.0 Å². The fourth-order valence-electron chi connectivity index (χ4n) is 6.18. The number of nitrogens with two attached hydrogens (primary N) is 3. The predicted octanol–water partition coefficient (Wildman–Crippen LogP) is -4.89. The first-order valence-corrected chi connectivity index (χ1v) is 21.9. The maximum Gasteiger partial charge on any atom is 0.326 e. The summed E-state index contributed by atoms with van der Waals surface area (Å²) >= 11 is 0. The summed E-state index contributed by atoms with van der Waals surface area (Å²) in [6, 6.07) is -2.34. The Bertz CT molecular complexity index is 2050. The van der Waals surface area contributed by atoms with Crippen molar-refractivity contribution in [2.75, 3.05) is 19.6 Å².